The molecule has 0 heterocycles. The third kappa shape index (κ3) is 5.45. The molecule has 2 aromatic rings. The highest BCUT2D eigenvalue weighted by Gasteiger charge is 2.22. The van der Waals surface area contributed by atoms with Crippen LogP contribution in [-0.4, -0.2) is 38.9 Å². The van der Waals surface area contributed by atoms with Crippen molar-refractivity contribution in [3.8, 4) is 5.75 Å². The lowest BCUT2D eigenvalue weighted by Crippen LogP contribution is -2.33. The zero-order valence-electron chi connectivity index (χ0n) is 16.0. The number of guanidine groups is 1. The second-order valence-electron chi connectivity index (χ2n) is 6.31. The lowest BCUT2D eigenvalue weighted by Gasteiger charge is -2.21. The minimum Gasteiger partial charge on any atom is -0.497 e. The van der Waals surface area contributed by atoms with Crippen LogP contribution in [0.1, 0.15) is 19.4 Å². The molecule has 27 heavy (non-hydrogen) atoms. The van der Waals surface area contributed by atoms with Crippen molar-refractivity contribution >= 4 is 21.7 Å². The van der Waals surface area contributed by atoms with E-state index < -0.39 is 10.0 Å². The quantitative estimate of drug-likeness (QED) is 0.560. The van der Waals surface area contributed by atoms with E-state index in [1.165, 1.54) is 4.31 Å². The maximum absolute atomic E-state index is 12.5. The van der Waals surface area contributed by atoms with Crippen molar-refractivity contribution in [3.05, 3.63) is 54.1 Å². The van der Waals surface area contributed by atoms with Gasteiger partial charge in [-0.3, -0.25) is 0 Å². The summed E-state index contributed by atoms with van der Waals surface area (Å²) in [6.07, 6.45) is 0. The van der Waals surface area contributed by atoms with E-state index >= 15 is 0 Å². The Hall–Kier alpha value is -2.58. The molecule has 146 valence electrons. The predicted molar refractivity (Wildman–Crippen MR) is 108 cm³/mol. The summed E-state index contributed by atoms with van der Waals surface area (Å²) in [5.41, 5.74) is 7.56. The molecule has 0 unspecified atom stereocenters. The maximum atomic E-state index is 12.5. The number of hydrogen-bond acceptors (Lipinski definition) is 4. The summed E-state index contributed by atoms with van der Waals surface area (Å²) in [4.78, 5) is 4.54. The minimum atomic E-state index is -3.48. The molecule has 0 fully saturated rings. The average molecular weight is 391 g/mol. The van der Waals surface area contributed by atoms with E-state index in [2.05, 4.69) is 10.3 Å². The first kappa shape index (κ1) is 20.7. The Kier molecular flexibility index (Phi) is 6.81. The van der Waals surface area contributed by atoms with Crippen molar-refractivity contribution < 1.29 is 13.2 Å². The molecule has 0 saturated carbocycles. The second-order valence-corrected chi connectivity index (χ2v) is 8.31. The molecule has 7 nitrogen and oxygen atoms in total. The monoisotopic (exact) mass is 390 g/mol. The van der Waals surface area contributed by atoms with Crippen molar-refractivity contribution in [2.24, 2.45) is 10.7 Å². The number of ether oxygens (including phenoxy) is 1. The smallest absolute Gasteiger partial charge is 0.243 e. The SMILES string of the molecule is COc1ccc(NC(N)=NCc2ccc(S(=O)(=O)N(C)C(C)C)cc2)cc1. The van der Waals surface area contributed by atoms with Crippen LogP contribution in [-0.2, 0) is 16.6 Å². The van der Waals surface area contributed by atoms with Crippen LogP contribution in [0.5, 0.6) is 5.75 Å². The van der Waals surface area contributed by atoms with Gasteiger partial charge < -0.3 is 15.8 Å². The van der Waals surface area contributed by atoms with Gasteiger partial charge in [0.05, 0.1) is 18.6 Å². The van der Waals surface area contributed by atoms with Crippen molar-refractivity contribution in [2.45, 2.75) is 31.3 Å². The van der Waals surface area contributed by atoms with Gasteiger partial charge in [-0.25, -0.2) is 13.4 Å². The van der Waals surface area contributed by atoms with Crippen LogP contribution in [0, 0.1) is 0 Å². The highest BCUT2D eigenvalue weighted by atomic mass is 32.2. The Bertz CT molecular complexity index is 876. The summed E-state index contributed by atoms with van der Waals surface area (Å²) < 4.78 is 31.4. The van der Waals surface area contributed by atoms with Gasteiger partial charge in [-0.05, 0) is 55.8 Å². The normalized spacial score (nSPS) is 12.4. The molecule has 0 aliphatic rings. The van der Waals surface area contributed by atoms with Crippen LogP contribution in [0.2, 0.25) is 0 Å². The van der Waals surface area contributed by atoms with Gasteiger partial charge in [0.2, 0.25) is 10.0 Å². The van der Waals surface area contributed by atoms with Crippen LogP contribution in [0.4, 0.5) is 5.69 Å². The zero-order valence-corrected chi connectivity index (χ0v) is 16.8. The van der Waals surface area contributed by atoms with Crippen LogP contribution < -0.4 is 15.8 Å². The predicted octanol–water partition coefficient (Wildman–Crippen LogP) is 2.65. The molecule has 0 aromatic heterocycles. The van der Waals surface area contributed by atoms with Crippen LogP contribution in [0.3, 0.4) is 0 Å². The van der Waals surface area contributed by atoms with E-state index in [0.29, 0.717) is 6.54 Å². The van der Waals surface area contributed by atoms with Crippen molar-refractivity contribution in [3.63, 3.8) is 0 Å². The number of sulfonamides is 1. The molecule has 0 aliphatic heterocycles. The summed E-state index contributed by atoms with van der Waals surface area (Å²) in [7, 11) is -0.303. The van der Waals surface area contributed by atoms with E-state index in [-0.39, 0.29) is 16.9 Å². The summed E-state index contributed by atoms with van der Waals surface area (Å²) in [5.74, 6) is 1.03. The molecular weight excluding hydrogens is 364 g/mol. The lowest BCUT2D eigenvalue weighted by molar-refractivity contribution is 0.410. The molecule has 0 aliphatic carbocycles. The third-order valence-electron chi connectivity index (χ3n) is 4.12. The molecule has 0 spiro atoms. The number of rotatable bonds is 7. The average Bonchev–Trinajstić information content (AvgIpc) is 2.66. The first-order valence-corrected chi connectivity index (χ1v) is 9.96. The number of nitrogens with two attached hydrogens (primary N) is 1. The highest BCUT2D eigenvalue weighted by Crippen LogP contribution is 2.18. The van der Waals surface area contributed by atoms with Gasteiger partial charge in [-0.1, -0.05) is 12.1 Å². The summed E-state index contributed by atoms with van der Waals surface area (Å²) >= 11 is 0. The molecule has 3 N–H and O–H groups in total. The number of nitrogens with one attached hydrogen (secondary N) is 1. The molecule has 2 aromatic carbocycles. The van der Waals surface area contributed by atoms with Gasteiger partial charge in [0.15, 0.2) is 5.96 Å². The molecule has 0 saturated heterocycles. The molecular formula is C19H26N4O3S. The topological polar surface area (TPSA) is 97.0 Å². The number of anilines is 1. The second kappa shape index (κ2) is 8.88. The Morgan fingerprint density at radius 1 is 1.15 bits per heavy atom. The van der Waals surface area contributed by atoms with Crippen LogP contribution >= 0.6 is 0 Å². The van der Waals surface area contributed by atoms with Gasteiger partial charge in [0.25, 0.3) is 0 Å². The van der Waals surface area contributed by atoms with Gasteiger partial charge in [-0.2, -0.15) is 4.31 Å². The largest absolute Gasteiger partial charge is 0.497 e. The Morgan fingerprint density at radius 3 is 2.26 bits per heavy atom. The summed E-state index contributed by atoms with van der Waals surface area (Å²) in [6, 6.07) is 13.9. The first-order chi connectivity index (χ1) is 12.7. The summed E-state index contributed by atoms with van der Waals surface area (Å²) in [5, 5.41) is 3.00. The Balaban J connectivity index is 2.02. The highest BCUT2D eigenvalue weighted by molar-refractivity contribution is 7.89. The third-order valence-corrected chi connectivity index (χ3v) is 6.17. The Morgan fingerprint density at radius 2 is 1.74 bits per heavy atom. The molecule has 0 radical (unpaired) electrons. The van der Waals surface area contributed by atoms with E-state index in [4.69, 9.17) is 10.5 Å². The number of methoxy groups -OCH3 is 1. The number of hydrogen-bond donors (Lipinski definition) is 2. The van der Waals surface area contributed by atoms with Crippen LogP contribution in [0.15, 0.2) is 58.4 Å². The summed E-state index contributed by atoms with van der Waals surface area (Å²) in [6.45, 7) is 4.01. The van der Waals surface area contributed by atoms with Gasteiger partial charge >= 0.3 is 0 Å². The lowest BCUT2D eigenvalue weighted by atomic mass is 10.2. The van der Waals surface area contributed by atoms with Crippen molar-refractivity contribution in [2.75, 3.05) is 19.5 Å². The van der Waals surface area contributed by atoms with E-state index in [0.717, 1.165) is 17.0 Å². The standard InChI is InChI=1S/C19H26N4O3S/c1-14(2)23(3)27(24,25)18-11-5-15(6-12-18)13-21-19(20)22-16-7-9-17(26-4)10-8-16/h5-12,14H,13H2,1-4H3,(H3,20,21,22). The molecule has 2 rings (SSSR count). The van der Waals surface area contributed by atoms with Crippen molar-refractivity contribution in [1.82, 2.24) is 4.31 Å². The minimum absolute atomic E-state index is 0.108. The Labute approximate surface area is 160 Å². The number of aliphatic imine (C=N–C) groups is 1. The number of nitrogens with zero attached hydrogens (tertiary/aromatic N) is 2. The van der Waals surface area contributed by atoms with Gasteiger partial charge in [-0.15, -0.1) is 0 Å². The number of benzene rings is 2. The van der Waals surface area contributed by atoms with Gasteiger partial charge in [0, 0.05) is 18.8 Å². The first-order valence-electron chi connectivity index (χ1n) is 8.52. The van der Waals surface area contributed by atoms with E-state index in [1.807, 2.05) is 38.1 Å². The fourth-order valence-corrected chi connectivity index (χ4v) is 3.62. The molecule has 0 amide bonds. The van der Waals surface area contributed by atoms with Crippen LogP contribution in [0.25, 0.3) is 0 Å². The zero-order chi connectivity index (χ0) is 20.0. The molecule has 0 atom stereocenters. The molecule has 0 bridgehead atoms. The molecule has 8 heteroatoms. The van der Waals surface area contributed by atoms with E-state index in [1.54, 1.807) is 38.4 Å². The maximum Gasteiger partial charge on any atom is 0.243 e. The fourth-order valence-electron chi connectivity index (χ4n) is 2.25. The van der Waals surface area contributed by atoms with Gasteiger partial charge in [0.1, 0.15) is 5.75 Å². The van der Waals surface area contributed by atoms with Crippen molar-refractivity contribution in [1.29, 1.82) is 0 Å². The van der Waals surface area contributed by atoms with E-state index in [9.17, 15) is 8.42 Å². The fraction of sp³-hybridized carbons (Fsp3) is 0.316.